The second kappa shape index (κ2) is 12.2. The van der Waals surface area contributed by atoms with Gasteiger partial charge < -0.3 is 9.80 Å². The molecule has 0 radical (unpaired) electrons. The zero-order valence-electron chi connectivity index (χ0n) is 28.5. The summed E-state index contributed by atoms with van der Waals surface area (Å²) in [5, 5.41) is 12.2. The third-order valence-corrected chi connectivity index (χ3v) is 10.0. The maximum Gasteiger partial charge on any atom is 0.416 e. The number of aromatic amines is 1. The van der Waals surface area contributed by atoms with Crippen LogP contribution in [0, 0.1) is 11.8 Å². The van der Waals surface area contributed by atoms with Gasteiger partial charge in [0.25, 0.3) is 0 Å². The average molecular weight is 700 g/mol. The monoisotopic (exact) mass is 699 g/mol. The van der Waals surface area contributed by atoms with Crippen molar-refractivity contribution in [2.24, 2.45) is 16.9 Å². The van der Waals surface area contributed by atoms with E-state index in [9.17, 15) is 26.3 Å². The first-order valence-corrected chi connectivity index (χ1v) is 17.0. The van der Waals surface area contributed by atoms with Gasteiger partial charge in [0.15, 0.2) is 0 Å². The van der Waals surface area contributed by atoms with Crippen LogP contribution in [0.15, 0.2) is 71.1 Å². The lowest BCUT2D eigenvalue weighted by molar-refractivity contribution is -0.949. The molecule has 4 heterocycles. The molecule has 0 saturated heterocycles. The molecule has 1 atom stereocenters. The molecule has 0 spiro atoms. The second-order valence-corrected chi connectivity index (χ2v) is 15.1. The molecule has 2 aliphatic heterocycles. The average Bonchev–Trinajstić information content (AvgIpc) is 3.95. The zero-order chi connectivity index (χ0) is 35.6. The van der Waals surface area contributed by atoms with Gasteiger partial charge in [-0.3, -0.25) is 5.10 Å². The van der Waals surface area contributed by atoms with Gasteiger partial charge in [-0.2, -0.15) is 31.4 Å². The van der Waals surface area contributed by atoms with Crippen LogP contribution in [-0.4, -0.2) is 60.5 Å². The smallest absolute Gasteiger partial charge is 0.332 e. The molecule has 2 fully saturated rings. The summed E-state index contributed by atoms with van der Waals surface area (Å²) in [6.07, 6.45) is 2.13. The molecular formula is C36H41F6N8+. The van der Waals surface area contributed by atoms with E-state index in [1.165, 1.54) is 18.7 Å². The highest BCUT2D eigenvalue weighted by atomic mass is 19.4. The SMILES string of the molecule is CC1=N[N+](CC2CC2)(C(C)(C)C)C2=C1CC(CN(Cc1cc(C(F)(F)F)cc(C(F)(F)F)c1)c1ncc(-c3ccn[nH]3)cn1)=CN2CC1CC1. The van der Waals surface area contributed by atoms with Crippen LogP contribution in [0.5, 0.6) is 0 Å². The number of quaternary nitrogens is 1. The highest BCUT2D eigenvalue weighted by molar-refractivity contribution is 6.00. The van der Waals surface area contributed by atoms with Crippen LogP contribution in [0.2, 0.25) is 0 Å². The number of rotatable bonds is 10. The number of hydrogen-bond acceptors (Lipinski definition) is 6. The zero-order valence-corrected chi connectivity index (χ0v) is 28.5. The van der Waals surface area contributed by atoms with Gasteiger partial charge in [-0.05, 0) is 94.7 Å². The quantitative estimate of drug-likeness (QED) is 0.170. The van der Waals surface area contributed by atoms with Crippen molar-refractivity contribution in [3.63, 3.8) is 0 Å². The predicted molar refractivity (Wildman–Crippen MR) is 177 cm³/mol. The number of alkyl halides is 6. The van der Waals surface area contributed by atoms with Crippen LogP contribution in [0.3, 0.4) is 0 Å². The summed E-state index contributed by atoms with van der Waals surface area (Å²) < 4.78 is 83.6. The molecule has 7 rings (SSSR count). The van der Waals surface area contributed by atoms with Crippen molar-refractivity contribution in [2.45, 2.75) is 84.2 Å². The summed E-state index contributed by atoms with van der Waals surface area (Å²) in [5.41, 5.74) is 1.28. The van der Waals surface area contributed by atoms with Gasteiger partial charge in [-0.1, -0.05) is 5.10 Å². The Kier molecular flexibility index (Phi) is 8.39. The Morgan fingerprint density at radius 1 is 0.900 bits per heavy atom. The standard InChI is InChI=1S/C36H41F6N8/c1-22-30-13-26(19-48(17-23-5-6-23)32(30)50(47-22,34(2,3)4)21-24-7-8-24)20-49(33-43-15-27(16-44-33)31-9-10-45-46-31)18-25-11-28(35(37,38)39)14-29(12-25)36(40,41)42/h9-12,14-16,19,23-24H,5-8,13,17-18,20-21H2,1-4H3,(H,45,46)/q+1. The Labute approximate surface area is 287 Å². The lowest BCUT2D eigenvalue weighted by Gasteiger charge is -2.45. The maximum absolute atomic E-state index is 13.8. The van der Waals surface area contributed by atoms with Gasteiger partial charge >= 0.3 is 12.4 Å². The van der Waals surface area contributed by atoms with E-state index in [-0.39, 0.29) is 36.2 Å². The largest absolute Gasteiger partial charge is 0.416 e. The first kappa shape index (κ1) is 34.3. The molecule has 2 aromatic heterocycles. The van der Waals surface area contributed by atoms with E-state index in [0.717, 1.165) is 54.9 Å². The predicted octanol–water partition coefficient (Wildman–Crippen LogP) is 8.54. The van der Waals surface area contributed by atoms with Crippen molar-refractivity contribution in [1.82, 2.24) is 25.1 Å². The van der Waals surface area contributed by atoms with E-state index < -0.39 is 23.5 Å². The molecule has 3 aromatic rings. The van der Waals surface area contributed by atoms with Crippen LogP contribution in [0.25, 0.3) is 11.3 Å². The molecule has 0 bridgehead atoms. The van der Waals surface area contributed by atoms with Crippen LogP contribution < -0.4 is 4.90 Å². The van der Waals surface area contributed by atoms with Crippen molar-refractivity contribution in [3.05, 3.63) is 82.7 Å². The van der Waals surface area contributed by atoms with E-state index in [2.05, 4.69) is 52.0 Å². The number of halogens is 6. The van der Waals surface area contributed by atoms with Crippen molar-refractivity contribution >= 4 is 11.7 Å². The molecule has 2 saturated carbocycles. The first-order valence-electron chi connectivity index (χ1n) is 17.0. The number of aromatic nitrogens is 4. The number of nitrogens with zero attached hydrogens (tertiary/aromatic N) is 7. The number of anilines is 1. The minimum Gasteiger partial charge on any atom is -0.332 e. The normalized spacial score (nSPS) is 21.4. The summed E-state index contributed by atoms with van der Waals surface area (Å²) in [6.45, 7) is 10.4. The fraction of sp³-hybridized carbons (Fsp3) is 0.500. The highest BCUT2D eigenvalue weighted by Gasteiger charge is 2.56. The Morgan fingerprint density at radius 2 is 1.54 bits per heavy atom. The van der Waals surface area contributed by atoms with Gasteiger partial charge in [-0.25, -0.2) is 9.97 Å². The third kappa shape index (κ3) is 6.90. The fourth-order valence-corrected chi connectivity index (χ4v) is 7.07. The van der Waals surface area contributed by atoms with Crippen LogP contribution in [0.4, 0.5) is 32.3 Å². The molecule has 0 amide bonds. The second-order valence-electron chi connectivity index (χ2n) is 15.1. The number of nitrogens with one attached hydrogen (secondary N) is 1. The van der Waals surface area contributed by atoms with E-state index in [0.29, 0.717) is 34.1 Å². The van der Waals surface area contributed by atoms with E-state index in [1.54, 1.807) is 29.6 Å². The molecule has 266 valence electrons. The lowest BCUT2D eigenvalue weighted by Crippen LogP contribution is -2.58. The van der Waals surface area contributed by atoms with Gasteiger partial charge in [0.05, 0.1) is 22.4 Å². The highest BCUT2D eigenvalue weighted by Crippen LogP contribution is 2.49. The molecule has 14 heteroatoms. The van der Waals surface area contributed by atoms with Crippen LogP contribution in [0.1, 0.15) is 76.5 Å². The Morgan fingerprint density at radius 3 is 2.08 bits per heavy atom. The van der Waals surface area contributed by atoms with Crippen LogP contribution in [-0.2, 0) is 18.9 Å². The molecule has 8 nitrogen and oxygen atoms in total. The summed E-state index contributed by atoms with van der Waals surface area (Å²) in [7, 11) is 0. The number of benzene rings is 1. The van der Waals surface area contributed by atoms with Gasteiger partial charge in [0, 0.05) is 62.3 Å². The molecule has 1 aromatic carbocycles. The topological polar surface area (TPSA) is 73.3 Å². The number of allylic oxidation sites excluding steroid dienone is 1. The van der Waals surface area contributed by atoms with E-state index >= 15 is 0 Å². The number of hydrogen-bond donors (Lipinski definition) is 1. The Hall–Kier alpha value is -4.20. The van der Waals surface area contributed by atoms with Crippen molar-refractivity contribution in [3.8, 4) is 11.3 Å². The molecule has 1 N–H and O–H groups in total. The van der Waals surface area contributed by atoms with Gasteiger partial charge in [0.1, 0.15) is 17.8 Å². The molecular weight excluding hydrogens is 658 g/mol. The molecule has 50 heavy (non-hydrogen) atoms. The first-order chi connectivity index (χ1) is 23.5. The minimum absolute atomic E-state index is 0.147. The summed E-state index contributed by atoms with van der Waals surface area (Å²) in [6, 6.07) is 3.45. The number of H-pyrrole nitrogens is 1. The third-order valence-electron chi connectivity index (χ3n) is 10.0. The Balaban J connectivity index is 1.27. The van der Waals surface area contributed by atoms with Crippen molar-refractivity contribution in [2.75, 3.05) is 24.5 Å². The fourth-order valence-electron chi connectivity index (χ4n) is 7.07. The summed E-state index contributed by atoms with van der Waals surface area (Å²) >= 11 is 0. The Bertz CT molecular complexity index is 1800. The van der Waals surface area contributed by atoms with E-state index in [4.69, 9.17) is 5.10 Å². The van der Waals surface area contributed by atoms with Crippen molar-refractivity contribution in [1.29, 1.82) is 0 Å². The van der Waals surface area contributed by atoms with Crippen molar-refractivity contribution < 1.29 is 30.9 Å². The lowest BCUT2D eigenvalue weighted by atomic mass is 9.96. The van der Waals surface area contributed by atoms with Crippen LogP contribution >= 0.6 is 0 Å². The minimum atomic E-state index is -4.96. The molecule has 1 unspecified atom stereocenters. The molecule has 2 aliphatic carbocycles. The summed E-state index contributed by atoms with van der Waals surface area (Å²) in [5.74, 6) is 2.52. The molecule has 4 aliphatic rings. The maximum atomic E-state index is 13.8. The summed E-state index contributed by atoms with van der Waals surface area (Å²) in [4.78, 5) is 13.1. The van der Waals surface area contributed by atoms with E-state index in [1.807, 2.05) is 6.92 Å². The van der Waals surface area contributed by atoms with Gasteiger partial charge in [-0.15, -0.1) is 4.59 Å². The van der Waals surface area contributed by atoms with Gasteiger partial charge in [0.2, 0.25) is 11.8 Å².